The molecule has 1 heterocycles. The fraction of sp³-hybridized carbons (Fsp3) is 0.400. The lowest BCUT2D eigenvalue weighted by molar-refractivity contribution is 0.0689. The molecule has 104 valence electrons. The fourth-order valence-corrected chi connectivity index (χ4v) is 2.48. The second kappa shape index (κ2) is 4.74. The van der Waals surface area contributed by atoms with E-state index in [1.807, 2.05) is 0 Å². The van der Waals surface area contributed by atoms with E-state index in [0.717, 1.165) is 24.1 Å². The van der Waals surface area contributed by atoms with Gasteiger partial charge in [0.05, 0.1) is 12.2 Å². The van der Waals surface area contributed by atoms with E-state index in [1.54, 1.807) is 4.68 Å². The summed E-state index contributed by atoms with van der Waals surface area (Å²) in [7, 11) is 0. The van der Waals surface area contributed by atoms with Crippen molar-refractivity contribution in [3.05, 3.63) is 46.3 Å². The average molecular weight is 271 g/mol. The number of aromatic nitrogens is 3. The largest absolute Gasteiger partial charge is 0.476 e. The van der Waals surface area contributed by atoms with Crippen LogP contribution in [0.5, 0.6) is 0 Å². The summed E-state index contributed by atoms with van der Waals surface area (Å²) in [6.45, 7) is 4.69. The molecule has 20 heavy (non-hydrogen) atoms. The van der Waals surface area contributed by atoms with Crippen LogP contribution in [-0.4, -0.2) is 26.1 Å². The Hall–Kier alpha value is -2.17. The number of aromatic carboxylic acids is 1. The first kappa shape index (κ1) is 12.8. The standard InChI is InChI=1S/C15H17N3O2/c1-9-3-4-10(2)12(7-9)8-18-14(11-5-6-11)13(15(19)20)16-17-18/h3-4,7,11H,5-6,8H2,1-2H3,(H,19,20). The molecular weight excluding hydrogens is 254 g/mol. The topological polar surface area (TPSA) is 68.0 Å². The molecule has 0 bridgehead atoms. The predicted octanol–water partition coefficient (Wildman–Crippen LogP) is 2.52. The minimum absolute atomic E-state index is 0.109. The number of hydrogen-bond donors (Lipinski definition) is 1. The van der Waals surface area contributed by atoms with Crippen LogP contribution < -0.4 is 0 Å². The number of nitrogens with zero attached hydrogens (tertiary/aromatic N) is 3. The highest BCUT2D eigenvalue weighted by Gasteiger charge is 2.33. The highest BCUT2D eigenvalue weighted by atomic mass is 16.4. The van der Waals surface area contributed by atoms with Gasteiger partial charge in [0.1, 0.15) is 0 Å². The Morgan fingerprint density at radius 2 is 2.15 bits per heavy atom. The molecule has 2 aromatic rings. The number of carboxylic acid groups (broad SMARTS) is 1. The van der Waals surface area contributed by atoms with E-state index in [1.165, 1.54) is 11.1 Å². The summed E-state index contributed by atoms with van der Waals surface area (Å²) in [6, 6.07) is 6.27. The summed E-state index contributed by atoms with van der Waals surface area (Å²) in [5.74, 6) is -0.680. The molecule has 0 radical (unpaired) electrons. The predicted molar refractivity (Wildman–Crippen MR) is 74.0 cm³/mol. The van der Waals surface area contributed by atoms with Crippen molar-refractivity contribution in [3.63, 3.8) is 0 Å². The van der Waals surface area contributed by atoms with E-state index in [0.29, 0.717) is 12.5 Å². The second-order valence-corrected chi connectivity index (χ2v) is 5.49. The van der Waals surface area contributed by atoms with Crippen molar-refractivity contribution in [2.45, 2.75) is 39.2 Å². The van der Waals surface area contributed by atoms with Gasteiger partial charge in [-0.25, -0.2) is 9.48 Å². The highest BCUT2D eigenvalue weighted by molar-refractivity contribution is 5.86. The van der Waals surface area contributed by atoms with Gasteiger partial charge in [-0.3, -0.25) is 0 Å². The molecule has 5 nitrogen and oxygen atoms in total. The lowest BCUT2D eigenvalue weighted by Crippen LogP contribution is -2.09. The third-order valence-electron chi connectivity index (χ3n) is 3.76. The Bertz CT molecular complexity index is 672. The Labute approximate surface area is 117 Å². The zero-order valence-corrected chi connectivity index (χ0v) is 11.6. The molecule has 3 rings (SSSR count). The highest BCUT2D eigenvalue weighted by Crippen LogP contribution is 2.41. The molecule has 0 amide bonds. The van der Waals surface area contributed by atoms with Gasteiger partial charge in [0.15, 0.2) is 5.69 Å². The van der Waals surface area contributed by atoms with Gasteiger partial charge in [-0.15, -0.1) is 5.10 Å². The molecule has 1 aliphatic carbocycles. The SMILES string of the molecule is Cc1ccc(C)c(Cn2nnc(C(=O)O)c2C2CC2)c1. The van der Waals surface area contributed by atoms with Gasteiger partial charge < -0.3 is 5.11 Å². The van der Waals surface area contributed by atoms with Crippen molar-refractivity contribution in [2.75, 3.05) is 0 Å². The molecule has 0 spiro atoms. The van der Waals surface area contributed by atoms with Crippen molar-refractivity contribution >= 4 is 5.97 Å². The van der Waals surface area contributed by atoms with Crippen molar-refractivity contribution in [1.82, 2.24) is 15.0 Å². The second-order valence-electron chi connectivity index (χ2n) is 5.49. The van der Waals surface area contributed by atoms with Crippen LogP contribution in [0.2, 0.25) is 0 Å². The maximum absolute atomic E-state index is 11.2. The van der Waals surface area contributed by atoms with Crippen LogP contribution in [0.3, 0.4) is 0 Å². The molecule has 0 atom stereocenters. The van der Waals surface area contributed by atoms with Crippen molar-refractivity contribution in [3.8, 4) is 0 Å². The zero-order valence-electron chi connectivity index (χ0n) is 11.6. The Balaban J connectivity index is 1.98. The number of benzene rings is 1. The van der Waals surface area contributed by atoms with Gasteiger partial charge in [0.25, 0.3) is 0 Å². The summed E-state index contributed by atoms with van der Waals surface area (Å²) < 4.78 is 1.75. The first-order valence-corrected chi connectivity index (χ1v) is 6.79. The van der Waals surface area contributed by atoms with E-state index >= 15 is 0 Å². The first-order valence-electron chi connectivity index (χ1n) is 6.79. The molecule has 1 aliphatic rings. The van der Waals surface area contributed by atoms with Crippen molar-refractivity contribution in [1.29, 1.82) is 0 Å². The smallest absolute Gasteiger partial charge is 0.358 e. The van der Waals surface area contributed by atoms with Gasteiger partial charge in [-0.2, -0.15) is 0 Å². The number of aryl methyl sites for hydroxylation is 2. The Kier molecular flexibility index (Phi) is 3.04. The number of hydrogen-bond acceptors (Lipinski definition) is 3. The Morgan fingerprint density at radius 3 is 2.80 bits per heavy atom. The number of rotatable bonds is 4. The molecule has 1 aromatic carbocycles. The molecule has 0 saturated heterocycles. The maximum atomic E-state index is 11.2. The van der Waals surface area contributed by atoms with Gasteiger partial charge >= 0.3 is 5.97 Å². The van der Waals surface area contributed by atoms with Crippen LogP contribution in [0.1, 0.15) is 51.6 Å². The van der Waals surface area contributed by atoms with Crippen LogP contribution in [0.15, 0.2) is 18.2 Å². The van der Waals surface area contributed by atoms with Gasteiger partial charge in [0.2, 0.25) is 0 Å². The van der Waals surface area contributed by atoms with E-state index in [2.05, 4.69) is 42.4 Å². The minimum atomic E-state index is -0.987. The molecule has 1 aromatic heterocycles. The number of carboxylic acids is 1. The zero-order chi connectivity index (χ0) is 14.3. The molecule has 1 saturated carbocycles. The summed E-state index contributed by atoms with van der Waals surface area (Å²) in [6.07, 6.45) is 2.06. The molecular formula is C15H17N3O2. The fourth-order valence-electron chi connectivity index (χ4n) is 2.48. The minimum Gasteiger partial charge on any atom is -0.476 e. The molecule has 5 heteroatoms. The van der Waals surface area contributed by atoms with Crippen LogP contribution in [0, 0.1) is 13.8 Å². The van der Waals surface area contributed by atoms with Crippen LogP contribution in [0.4, 0.5) is 0 Å². The molecule has 0 aliphatic heterocycles. The lowest BCUT2D eigenvalue weighted by Gasteiger charge is -2.09. The molecule has 0 unspecified atom stereocenters. The van der Waals surface area contributed by atoms with Crippen molar-refractivity contribution < 1.29 is 9.90 Å². The monoisotopic (exact) mass is 271 g/mol. The molecule has 1 fully saturated rings. The van der Waals surface area contributed by atoms with E-state index in [9.17, 15) is 9.90 Å². The normalized spacial score (nSPS) is 14.5. The summed E-state index contributed by atoms with van der Waals surface area (Å²) in [5, 5.41) is 17.1. The molecule has 1 N–H and O–H groups in total. The van der Waals surface area contributed by atoms with E-state index in [4.69, 9.17) is 0 Å². The maximum Gasteiger partial charge on any atom is 0.358 e. The van der Waals surface area contributed by atoms with E-state index < -0.39 is 5.97 Å². The van der Waals surface area contributed by atoms with Gasteiger partial charge in [-0.05, 0) is 37.8 Å². The van der Waals surface area contributed by atoms with E-state index in [-0.39, 0.29) is 5.69 Å². The number of carbonyl (C=O) groups is 1. The first-order chi connectivity index (χ1) is 9.56. The van der Waals surface area contributed by atoms with Gasteiger partial charge in [-0.1, -0.05) is 29.0 Å². The summed E-state index contributed by atoms with van der Waals surface area (Å²) >= 11 is 0. The lowest BCUT2D eigenvalue weighted by atomic mass is 10.1. The Morgan fingerprint density at radius 1 is 1.40 bits per heavy atom. The summed E-state index contributed by atoms with van der Waals surface area (Å²) in [5.41, 5.74) is 4.42. The summed E-state index contributed by atoms with van der Waals surface area (Å²) in [4.78, 5) is 11.2. The van der Waals surface area contributed by atoms with Gasteiger partial charge in [0, 0.05) is 5.92 Å². The quantitative estimate of drug-likeness (QED) is 0.927. The van der Waals surface area contributed by atoms with Crippen molar-refractivity contribution in [2.24, 2.45) is 0 Å². The van der Waals surface area contributed by atoms with Crippen LogP contribution in [0.25, 0.3) is 0 Å². The third kappa shape index (κ3) is 2.31. The third-order valence-corrected chi connectivity index (χ3v) is 3.76. The van der Waals surface area contributed by atoms with Crippen LogP contribution >= 0.6 is 0 Å². The van der Waals surface area contributed by atoms with Crippen LogP contribution in [-0.2, 0) is 6.54 Å². The average Bonchev–Trinajstić information content (AvgIpc) is 3.15.